The SMILES string of the molecule is C[C@@H]1CC[C@@]2(OC1)OC1C[C@H]3[C@@H]4CC[C@H]5C[C@@H](O[C@@H]6O[C@@H](CO)[C@H](O[C@H]7O[C@@H](CO)[C@H](O)[C@H](O)[C@@H]7O)[C@H](O)[C@@H]6O)CC[C@]5(C)[C@H]4C(=O)C[C@]3(C)[C@H]1[C@@H]2C. The Balaban J connectivity index is 0.911. The quantitative estimate of drug-likeness (QED) is 0.185. The van der Waals surface area contributed by atoms with Crippen LogP contribution in [0, 0.1) is 52.3 Å². The van der Waals surface area contributed by atoms with Crippen molar-refractivity contribution in [2.45, 2.75) is 165 Å². The lowest BCUT2D eigenvalue weighted by Gasteiger charge is -2.60. The van der Waals surface area contributed by atoms with Gasteiger partial charge < -0.3 is 64.2 Å². The van der Waals surface area contributed by atoms with E-state index in [1.807, 2.05) is 0 Å². The Morgan fingerprint density at radius 2 is 1.47 bits per heavy atom. The third-order valence-corrected chi connectivity index (χ3v) is 15.9. The molecule has 0 aromatic heterocycles. The van der Waals surface area contributed by atoms with Gasteiger partial charge in [0.1, 0.15) is 54.6 Å². The van der Waals surface area contributed by atoms with Gasteiger partial charge in [-0.3, -0.25) is 4.79 Å². The van der Waals surface area contributed by atoms with Crippen molar-refractivity contribution < 1.29 is 69.0 Å². The van der Waals surface area contributed by atoms with Gasteiger partial charge in [-0.2, -0.15) is 0 Å². The van der Waals surface area contributed by atoms with Gasteiger partial charge in [-0.25, -0.2) is 0 Å². The van der Waals surface area contributed by atoms with E-state index in [1.165, 1.54) is 0 Å². The van der Waals surface area contributed by atoms with Crippen molar-refractivity contribution in [2.24, 2.45) is 52.3 Å². The van der Waals surface area contributed by atoms with Crippen molar-refractivity contribution in [3.8, 4) is 0 Å². The summed E-state index contributed by atoms with van der Waals surface area (Å²) in [4.78, 5) is 14.5. The highest BCUT2D eigenvalue weighted by Gasteiger charge is 2.71. The number of Topliss-reactive ketones (excluding diaryl/α,β-unsaturated/α-hetero) is 1. The fourth-order valence-electron chi connectivity index (χ4n) is 13.0. The van der Waals surface area contributed by atoms with Gasteiger partial charge >= 0.3 is 0 Å². The standard InChI is InChI=1S/C39H62O14/c1-17-7-10-39(48-16-17)18(2)27-24(53-39)12-22-21-6-5-19-11-20(8-9-37(19,3)28(21)23(42)13-38(22,27)4)49-35-33(47)31(45)34(26(15-41)51-35)52-36-32(46)30(44)29(43)25(14-40)50-36/h17-22,24-36,40-41,43-47H,5-16H2,1-4H3/t17-,18+,19+,20+,21+,22+,24?,25+,26+,27+,28-,29+,30+,31-,32+,33+,34+,35-,36-,37+,38+,39-/m1/s1. The van der Waals surface area contributed by atoms with Crippen LogP contribution in [0.4, 0.5) is 0 Å². The molecule has 14 heteroatoms. The lowest BCUT2D eigenvalue weighted by Crippen LogP contribution is -2.65. The molecule has 0 radical (unpaired) electrons. The largest absolute Gasteiger partial charge is 0.394 e. The Morgan fingerprint density at radius 3 is 2.17 bits per heavy atom. The van der Waals surface area contributed by atoms with E-state index in [2.05, 4.69) is 27.7 Å². The fourth-order valence-corrected chi connectivity index (χ4v) is 13.0. The number of aliphatic hydroxyl groups excluding tert-OH is 7. The van der Waals surface area contributed by atoms with Crippen LogP contribution in [0.3, 0.4) is 0 Å². The van der Waals surface area contributed by atoms with Crippen molar-refractivity contribution >= 4 is 5.78 Å². The molecule has 4 heterocycles. The predicted molar refractivity (Wildman–Crippen MR) is 183 cm³/mol. The van der Waals surface area contributed by atoms with Crippen molar-refractivity contribution in [3.05, 3.63) is 0 Å². The zero-order valence-corrected chi connectivity index (χ0v) is 31.4. The first-order chi connectivity index (χ1) is 25.2. The number of rotatable bonds is 6. The number of aliphatic hydroxyl groups is 7. The van der Waals surface area contributed by atoms with E-state index in [0.29, 0.717) is 48.7 Å². The molecule has 0 aromatic rings. The van der Waals surface area contributed by atoms with E-state index >= 15 is 0 Å². The van der Waals surface area contributed by atoms with Crippen LogP contribution < -0.4 is 0 Å². The summed E-state index contributed by atoms with van der Waals surface area (Å²) in [7, 11) is 0. The van der Waals surface area contributed by atoms with E-state index < -0.39 is 80.4 Å². The van der Waals surface area contributed by atoms with Crippen LogP contribution >= 0.6 is 0 Å². The van der Waals surface area contributed by atoms with Crippen LogP contribution in [0.5, 0.6) is 0 Å². The zero-order valence-electron chi connectivity index (χ0n) is 31.4. The van der Waals surface area contributed by atoms with Crippen molar-refractivity contribution in [3.63, 3.8) is 0 Å². The number of carbonyl (C=O) groups is 1. The number of fused-ring (bicyclic) bond motifs is 7. The summed E-state index contributed by atoms with van der Waals surface area (Å²) in [6, 6.07) is 0. The van der Waals surface area contributed by atoms with Gasteiger partial charge in [0.2, 0.25) is 0 Å². The molecule has 4 aliphatic heterocycles. The number of ketones is 1. The maximum Gasteiger partial charge on any atom is 0.187 e. The van der Waals surface area contributed by atoms with E-state index in [-0.39, 0.29) is 40.8 Å². The van der Waals surface area contributed by atoms with Gasteiger partial charge in [0.25, 0.3) is 0 Å². The van der Waals surface area contributed by atoms with Crippen molar-refractivity contribution in [1.82, 2.24) is 0 Å². The number of hydrogen-bond donors (Lipinski definition) is 7. The minimum absolute atomic E-state index is 0.0208. The van der Waals surface area contributed by atoms with Gasteiger partial charge in [-0.15, -0.1) is 0 Å². The molecule has 0 amide bonds. The molecule has 302 valence electrons. The second-order valence-electron chi connectivity index (χ2n) is 18.7. The second kappa shape index (κ2) is 14.2. The Labute approximate surface area is 311 Å². The number of ether oxygens (including phenoxy) is 6. The average Bonchev–Trinajstić information content (AvgIpc) is 3.57. The maximum atomic E-state index is 14.5. The first-order valence-electron chi connectivity index (χ1n) is 20.2. The Hall–Kier alpha value is -0.850. The molecule has 4 saturated carbocycles. The smallest absolute Gasteiger partial charge is 0.187 e. The minimum atomic E-state index is -1.74. The number of hydrogen-bond acceptors (Lipinski definition) is 14. The highest BCUT2D eigenvalue weighted by molar-refractivity contribution is 5.84. The molecule has 14 nitrogen and oxygen atoms in total. The second-order valence-corrected chi connectivity index (χ2v) is 18.7. The molecule has 1 unspecified atom stereocenters. The molecule has 0 aromatic carbocycles. The summed E-state index contributed by atoms with van der Waals surface area (Å²) in [5.41, 5.74) is -0.288. The monoisotopic (exact) mass is 754 g/mol. The molecule has 8 rings (SSSR count). The van der Waals surface area contributed by atoms with Gasteiger partial charge in [-0.05, 0) is 85.4 Å². The first-order valence-corrected chi connectivity index (χ1v) is 20.2. The lowest BCUT2D eigenvalue weighted by molar-refractivity contribution is -0.364. The molecular formula is C39H62O14. The van der Waals surface area contributed by atoms with Gasteiger partial charge in [0.15, 0.2) is 18.4 Å². The normalized spacial score (nSPS) is 58.2. The van der Waals surface area contributed by atoms with Crippen molar-refractivity contribution in [2.75, 3.05) is 19.8 Å². The van der Waals surface area contributed by atoms with Gasteiger partial charge in [0, 0.05) is 24.7 Å². The van der Waals surface area contributed by atoms with Crippen LogP contribution in [-0.2, 0) is 33.2 Å². The molecule has 7 N–H and O–H groups in total. The molecule has 1 spiro atoms. The molecule has 4 aliphatic carbocycles. The molecular weight excluding hydrogens is 692 g/mol. The third-order valence-electron chi connectivity index (χ3n) is 15.9. The summed E-state index contributed by atoms with van der Waals surface area (Å²) >= 11 is 0. The summed E-state index contributed by atoms with van der Waals surface area (Å²) < 4.78 is 36.8. The first kappa shape index (κ1) is 39.0. The van der Waals surface area contributed by atoms with E-state index in [9.17, 15) is 40.5 Å². The third kappa shape index (κ3) is 6.12. The van der Waals surface area contributed by atoms with Crippen LogP contribution in [0.25, 0.3) is 0 Å². The molecule has 8 fully saturated rings. The Bertz CT molecular complexity index is 1340. The van der Waals surface area contributed by atoms with Crippen molar-refractivity contribution in [1.29, 1.82) is 0 Å². The van der Waals surface area contributed by atoms with E-state index in [0.717, 1.165) is 45.1 Å². The topological polar surface area (TPSA) is 214 Å². The summed E-state index contributed by atoms with van der Waals surface area (Å²) in [5, 5.41) is 72.7. The average molecular weight is 755 g/mol. The summed E-state index contributed by atoms with van der Waals surface area (Å²) in [5.74, 6) is 1.91. The summed E-state index contributed by atoms with van der Waals surface area (Å²) in [6.45, 7) is 8.63. The molecule has 0 bridgehead atoms. The lowest BCUT2D eigenvalue weighted by atomic mass is 9.44. The Morgan fingerprint density at radius 1 is 0.774 bits per heavy atom. The highest BCUT2D eigenvalue weighted by atomic mass is 16.7. The van der Waals surface area contributed by atoms with Crippen LogP contribution in [-0.4, -0.2) is 141 Å². The van der Waals surface area contributed by atoms with Crippen LogP contribution in [0.1, 0.15) is 85.5 Å². The minimum Gasteiger partial charge on any atom is -0.394 e. The zero-order chi connectivity index (χ0) is 37.8. The molecule has 53 heavy (non-hydrogen) atoms. The van der Waals surface area contributed by atoms with Crippen LogP contribution in [0.15, 0.2) is 0 Å². The maximum absolute atomic E-state index is 14.5. The predicted octanol–water partition coefficient (Wildman–Crippen LogP) is 0.621. The molecule has 4 saturated heterocycles. The molecule has 22 atom stereocenters. The summed E-state index contributed by atoms with van der Waals surface area (Å²) in [6.07, 6.45) is -7.48. The van der Waals surface area contributed by atoms with E-state index in [4.69, 9.17) is 28.4 Å². The van der Waals surface area contributed by atoms with Gasteiger partial charge in [0.05, 0.1) is 32.0 Å². The van der Waals surface area contributed by atoms with Crippen LogP contribution in [0.2, 0.25) is 0 Å². The van der Waals surface area contributed by atoms with Gasteiger partial charge in [-0.1, -0.05) is 27.7 Å². The molecule has 8 aliphatic rings. The van der Waals surface area contributed by atoms with E-state index in [1.54, 1.807) is 0 Å². The fraction of sp³-hybridized carbons (Fsp3) is 0.974. The highest BCUT2D eigenvalue weighted by Crippen LogP contribution is 2.70. The number of carbonyl (C=O) groups excluding carboxylic acids is 1. The Kier molecular flexibility index (Phi) is 10.5.